The topological polar surface area (TPSA) is 67.4 Å². The van der Waals surface area contributed by atoms with Gasteiger partial charge in [-0.1, -0.05) is 18.2 Å². The largest absolute Gasteiger partial charge is 0.481 e. The average molecular weight is 326 g/mol. The molecular weight excluding hydrogens is 304 g/mol. The second kappa shape index (κ2) is 7.64. The zero-order chi connectivity index (χ0) is 17.7. The van der Waals surface area contributed by atoms with E-state index in [2.05, 4.69) is 10.6 Å². The molecule has 0 saturated carbocycles. The van der Waals surface area contributed by atoms with Gasteiger partial charge in [-0.05, 0) is 56.2 Å². The molecule has 0 aromatic heterocycles. The van der Waals surface area contributed by atoms with E-state index in [1.807, 2.05) is 32.0 Å². The number of anilines is 2. The second-order valence-electron chi connectivity index (χ2n) is 5.71. The van der Waals surface area contributed by atoms with Gasteiger partial charge in [-0.25, -0.2) is 0 Å². The van der Waals surface area contributed by atoms with Crippen molar-refractivity contribution in [3.63, 3.8) is 0 Å². The second-order valence-corrected chi connectivity index (χ2v) is 5.71. The molecule has 5 heteroatoms. The number of benzene rings is 2. The zero-order valence-electron chi connectivity index (χ0n) is 14.3. The van der Waals surface area contributed by atoms with Crippen LogP contribution < -0.4 is 15.4 Å². The van der Waals surface area contributed by atoms with Crippen LogP contribution in [0.3, 0.4) is 0 Å². The Hall–Kier alpha value is -2.82. The highest BCUT2D eigenvalue weighted by Crippen LogP contribution is 2.22. The van der Waals surface area contributed by atoms with E-state index in [9.17, 15) is 9.59 Å². The maximum absolute atomic E-state index is 12.3. The molecule has 0 unspecified atom stereocenters. The van der Waals surface area contributed by atoms with Crippen molar-refractivity contribution in [3.8, 4) is 5.75 Å². The molecule has 2 aromatic rings. The summed E-state index contributed by atoms with van der Waals surface area (Å²) in [6, 6.07) is 12.7. The Labute approximate surface area is 142 Å². The molecule has 24 heavy (non-hydrogen) atoms. The van der Waals surface area contributed by atoms with Crippen molar-refractivity contribution in [1.82, 2.24) is 0 Å². The Balaban J connectivity index is 2.04. The smallest absolute Gasteiger partial charge is 0.265 e. The first-order valence-corrected chi connectivity index (χ1v) is 7.78. The summed E-state index contributed by atoms with van der Waals surface area (Å²) in [5.41, 5.74) is 3.36. The SMILES string of the molecule is CC(=O)Nc1cccc(NC(=O)[C@H](C)Oc2cccc(C)c2C)c1. The van der Waals surface area contributed by atoms with Gasteiger partial charge < -0.3 is 15.4 Å². The lowest BCUT2D eigenvalue weighted by atomic mass is 10.1. The minimum atomic E-state index is -0.644. The molecular formula is C19H22N2O3. The number of carbonyl (C=O) groups is 2. The molecule has 0 aliphatic rings. The zero-order valence-corrected chi connectivity index (χ0v) is 14.3. The van der Waals surface area contributed by atoms with Gasteiger partial charge in [0, 0.05) is 18.3 Å². The predicted octanol–water partition coefficient (Wildman–Crippen LogP) is 3.67. The van der Waals surface area contributed by atoms with Crippen LogP contribution >= 0.6 is 0 Å². The fourth-order valence-corrected chi connectivity index (χ4v) is 2.22. The van der Waals surface area contributed by atoms with Crippen LogP contribution in [0.15, 0.2) is 42.5 Å². The maximum Gasteiger partial charge on any atom is 0.265 e. The van der Waals surface area contributed by atoms with E-state index in [1.54, 1.807) is 31.2 Å². The first kappa shape index (κ1) is 17.5. The van der Waals surface area contributed by atoms with Crippen LogP contribution in [0.2, 0.25) is 0 Å². The molecule has 0 radical (unpaired) electrons. The fraction of sp³-hybridized carbons (Fsp3) is 0.263. The molecule has 2 N–H and O–H groups in total. The van der Waals surface area contributed by atoms with E-state index in [4.69, 9.17) is 4.74 Å². The number of aryl methyl sites for hydroxylation is 1. The molecule has 0 saturated heterocycles. The minimum Gasteiger partial charge on any atom is -0.481 e. The molecule has 126 valence electrons. The molecule has 0 aliphatic heterocycles. The van der Waals surface area contributed by atoms with Crippen molar-refractivity contribution in [2.24, 2.45) is 0 Å². The number of rotatable bonds is 5. The average Bonchev–Trinajstić information content (AvgIpc) is 2.51. The molecule has 0 heterocycles. The first-order valence-electron chi connectivity index (χ1n) is 7.78. The van der Waals surface area contributed by atoms with Crippen LogP contribution in [0, 0.1) is 13.8 Å². The van der Waals surface area contributed by atoms with Gasteiger partial charge in [-0.2, -0.15) is 0 Å². The van der Waals surface area contributed by atoms with Gasteiger partial charge >= 0.3 is 0 Å². The van der Waals surface area contributed by atoms with E-state index < -0.39 is 6.10 Å². The highest BCUT2D eigenvalue weighted by atomic mass is 16.5. The maximum atomic E-state index is 12.3. The molecule has 0 aliphatic carbocycles. The van der Waals surface area contributed by atoms with Crippen LogP contribution in [0.5, 0.6) is 5.75 Å². The Kier molecular flexibility index (Phi) is 5.58. The predicted molar refractivity (Wildman–Crippen MR) is 95.4 cm³/mol. The first-order chi connectivity index (χ1) is 11.4. The summed E-state index contributed by atoms with van der Waals surface area (Å²) in [6.45, 7) is 7.10. The standard InChI is InChI=1S/C19H22N2O3/c1-12-7-5-10-18(13(12)2)24-14(3)19(23)21-17-9-6-8-16(11-17)20-15(4)22/h5-11,14H,1-4H3,(H,20,22)(H,21,23)/t14-/m0/s1. The monoisotopic (exact) mass is 326 g/mol. The molecule has 2 aromatic carbocycles. The summed E-state index contributed by atoms with van der Waals surface area (Å²) in [7, 11) is 0. The number of carbonyl (C=O) groups excluding carboxylic acids is 2. The Morgan fingerprint density at radius 2 is 1.62 bits per heavy atom. The van der Waals surface area contributed by atoms with E-state index in [0.717, 1.165) is 11.1 Å². The molecule has 1 atom stereocenters. The normalized spacial score (nSPS) is 11.5. The molecule has 5 nitrogen and oxygen atoms in total. The third-order valence-corrected chi connectivity index (χ3v) is 3.68. The van der Waals surface area contributed by atoms with Crippen molar-refractivity contribution >= 4 is 23.2 Å². The van der Waals surface area contributed by atoms with E-state index >= 15 is 0 Å². The van der Waals surface area contributed by atoms with E-state index in [-0.39, 0.29) is 11.8 Å². The lowest BCUT2D eigenvalue weighted by molar-refractivity contribution is -0.122. The molecule has 2 amide bonds. The summed E-state index contributed by atoms with van der Waals surface area (Å²) in [5, 5.41) is 5.47. The molecule has 0 spiro atoms. The van der Waals surface area contributed by atoms with E-state index in [1.165, 1.54) is 6.92 Å². The highest BCUT2D eigenvalue weighted by Gasteiger charge is 2.16. The Bertz CT molecular complexity index is 756. The van der Waals surface area contributed by atoms with Gasteiger partial charge in [0.1, 0.15) is 5.75 Å². The lowest BCUT2D eigenvalue weighted by Gasteiger charge is -2.17. The Morgan fingerprint density at radius 3 is 2.29 bits per heavy atom. The van der Waals surface area contributed by atoms with Crippen molar-refractivity contribution < 1.29 is 14.3 Å². The summed E-state index contributed by atoms with van der Waals surface area (Å²) in [5.74, 6) is 0.283. The van der Waals surface area contributed by atoms with Crippen molar-refractivity contribution in [2.75, 3.05) is 10.6 Å². The van der Waals surface area contributed by atoms with Crippen molar-refractivity contribution in [2.45, 2.75) is 33.8 Å². The number of hydrogen-bond donors (Lipinski definition) is 2. The van der Waals surface area contributed by atoms with Crippen LogP contribution in [-0.4, -0.2) is 17.9 Å². The summed E-state index contributed by atoms with van der Waals surface area (Å²) >= 11 is 0. The van der Waals surface area contributed by atoms with Gasteiger partial charge in [-0.3, -0.25) is 9.59 Å². The van der Waals surface area contributed by atoms with Crippen LogP contribution in [-0.2, 0) is 9.59 Å². The number of hydrogen-bond acceptors (Lipinski definition) is 3. The van der Waals surface area contributed by atoms with Gasteiger partial charge in [0.05, 0.1) is 0 Å². The van der Waals surface area contributed by atoms with E-state index in [0.29, 0.717) is 17.1 Å². The molecule has 0 fully saturated rings. The van der Waals surface area contributed by atoms with Crippen LogP contribution in [0.1, 0.15) is 25.0 Å². The number of ether oxygens (including phenoxy) is 1. The summed E-state index contributed by atoms with van der Waals surface area (Å²) in [4.78, 5) is 23.4. The third kappa shape index (κ3) is 4.59. The van der Waals surface area contributed by atoms with Gasteiger partial charge in [-0.15, -0.1) is 0 Å². The number of amides is 2. The number of nitrogens with one attached hydrogen (secondary N) is 2. The van der Waals surface area contributed by atoms with Crippen LogP contribution in [0.4, 0.5) is 11.4 Å². The minimum absolute atomic E-state index is 0.162. The quantitative estimate of drug-likeness (QED) is 0.881. The fourth-order valence-electron chi connectivity index (χ4n) is 2.22. The van der Waals surface area contributed by atoms with Gasteiger partial charge in [0.15, 0.2) is 6.10 Å². The summed E-state index contributed by atoms with van der Waals surface area (Å²) < 4.78 is 5.77. The highest BCUT2D eigenvalue weighted by molar-refractivity contribution is 5.95. The lowest BCUT2D eigenvalue weighted by Crippen LogP contribution is -2.30. The molecule has 2 rings (SSSR count). The Morgan fingerprint density at radius 1 is 1.00 bits per heavy atom. The van der Waals surface area contributed by atoms with Gasteiger partial charge in [0.2, 0.25) is 5.91 Å². The van der Waals surface area contributed by atoms with Crippen LogP contribution in [0.25, 0.3) is 0 Å². The summed E-state index contributed by atoms with van der Waals surface area (Å²) in [6.07, 6.45) is -0.644. The van der Waals surface area contributed by atoms with Crippen molar-refractivity contribution in [3.05, 3.63) is 53.6 Å². The van der Waals surface area contributed by atoms with Gasteiger partial charge in [0.25, 0.3) is 5.91 Å². The molecule has 0 bridgehead atoms. The third-order valence-electron chi connectivity index (χ3n) is 3.68. The van der Waals surface area contributed by atoms with Crippen molar-refractivity contribution in [1.29, 1.82) is 0 Å².